The van der Waals surface area contributed by atoms with Crippen LogP contribution in [0.15, 0.2) is 21.7 Å². The van der Waals surface area contributed by atoms with Crippen LogP contribution < -0.4 is 11.2 Å². The maximum Gasteiger partial charge on any atom is 0.328 e. The zero-order valence-electron chi connectivity index (χ0n) is 12.3. The van der Waals surface area contributed by atoms with E-state index in [1.165, 1.54) is 19.2 Å². The average Bonchev–Trinajstić information content (AvgIpc) is 2.45. The lowest BCUT2D eigenvalue weighted by molar-refractivity contribution is 0.625. The Morgan fingerprint density at radius 3 is 2.16 bits per heavy atom. The SMILES string of the molecule is CC.CC.Cc1ccc2c(=O)n(C)c(=O)[nH]c2c1F. The van der Waals surface area contributed by atoms with Crippen LogP contribution in [0.1, 0.15) is 33.3 Å². The van der Waals surface area contributed by atoms with Crippen LogP contribution in [-0.2, 0) is 7.05 Å². The molecule has 1 N–H and O–H groups in total. The molecule has 19 heavy (non-hydrogen) atoms. The summed E-state index contributed by atoms with van der Waals surface area (Å²) in [5.74, 6) is -0.553. The van der Waals surface area contributed by atoms with Crippen molar-refractivity contribution in [2.45, 2.75) is 34.6 Å². The second-order valence-corrected chi connectivity index (χ2v) is 3.41. The molecule has 1 heterocycles. The lowest BCUT2D eigenvalue weighted by Crippen LogP contribution is -2.32. The predicted octanol–water partition coefficient (Wildman–Crippen LogP) is 2.73. The molecule has 0 saturated carbocycles. The molecular formula is C14H21FN2O2. The first-order valence-electron chi connectivity index (χ1n) is 6.40. The maximum absolute atomic E-state index is 13.6. The number of halogens is 1. The minimum absolute atomic E-state index is 0.0249. The van der Waals surface area contributed by atoms with Gasteiger partial charge in [0, 0.05) is 7.05 Å². The summed E-state index contributed by atoms with van der Waals surface area (Å²) in [6.45, 7) is 9.57. The minimum atomic E-state index is -0.614. The molecule has 0 aliphatic carbocycles. The third-order valence-corrected chi connectivity index (χ3v) is 2.41. The quantitative estimate of drug-likeness (QED) is 0.798. The van der Waals surface area contributed by atoms with Crippen molar-refractivity contribution >= 4 is 10.9 Å². The van der Waals surface area contributed by atoms with E-state index in [-0.39, 0.29) is 10.9 Å². The molecule has 2 rings (SSSR count). The highest BCUT2D eigenvalue weighted by Gasteiger charge is 2.09. The van der Waals surface area contributed by atoms with Gasteiger partial charge in [0.05, 0.1) is 10.9 Å². The molecule has 0 radical (unpaired) electrons. The maximum atomic E-state index is 13.6. The summed E-state index contributed by atoms with van der Waals surface area (Å²) in [5, 5.41) is 0.181. The number of H-pyrrole nitrogens is 1. The number of fused-ring (bicyclic) bond motifs is 1. The molecule has 2 aromatic rings. The van der Waals surface area contributed by atoms with E-state index in [1.54, 1.807) is 6.92 Å². The number of rotatable bonds is 0. The molecule has 0 spiro atoms. The molecule has 0 saturated heterocycles. The van der Waals surface area contributed by atoms with E-state index in [0.717, 1.165) is 4.57 Å². The largest absolute Gasteiger partial charge is 0.328 e. The first-order valence-corrected chi connectivity index (χ1v) is 6.40. The van der Waals surface area contributed by atoms with Crippen LogP contribution in [0.2, 0.25) is 0 Å². The van der Waals surface area contributed by atoms with Gasteiger partial charge in [0.25, 0.3) is 5.56 Å². The molecule has 0 aliphatic heterocycles. The Balaban J connectivity index is 0.000000741. The van der Waals surface area contributed by atoms with Gasteiger partial charge in [-0.2, -0.15) is 0 Å². The smallest absolute Gasteiger partial charge is 0.304 e. The molecule has 0 aliphatic rings. The fraction of sp³-hybridized carbons (Fsp3) is 0.429. The van der Waals surface area contributed by atoms with E-state index in [4.69, 9.17) is 0 Å². The monoisotopic (exact) mass is 268 g/mol. The molecule has 0 atom stereocenters. The number of aromatic amines is 1. The Hall–Kier alpha value is -1.91. The highest BCUT2D eigenvalue weighted by atomic mass is 19.1. The molecular weight excluding hydrogens is 247 g/mol. The van der Waals surface area contributed by atoms with Crippen molar-refractivity contribution < 1.29 is 4.39 Å². The fourth-order valence-corrected chi connectivity index (χ4v) is 1.44. The highest BCUT2D eigenvalue weighted by molar-refractivity contribution is 5.78. The summed E-state index contributed by atoms with van der Waals surface area (Å²) >= 11 is 0. The molecule has 4 nitrogen and oxygen atoms in total. The topological polar surface area (TPSA) is 54.9 Å². The summed E-state index contributed by atoms with van der Waals surface area (Å²) in [4.78, 5) is 25.2. The Morgan fingerprint density at radius 2 is 1.63 bits per heavy atom. The second kappa shape index (κ2) is 7.51. The molecule has 1 aromatic heterocycles. The molecule has 0 unspecified atom stereocenters. The Bertz CT molecular complexity index is 657. The summed E-state index contributed by atoms with van der Waals surface area (Å²) in [5.41, 5.74) is -0.737. The van der Waals surface area contributed by atoms with Crippen molar-refractivity contribution in [3.8, 4) is 0 Å². The molecule has 1 aromatic carbocycles. The number of nitrogens with one attached hydrogen (secondary N) is 1. The molecule has 0 fully saturated rings. The van der Waals surface area contributed by atoms with Crippen molar-refractivity contribution in [2.24, 2.45) is 7.05 Å². The molecule has 0 bridgehead atoms. The fourth-order valence-electron chi connectivity index (χ4n) is 1.44. The summed E-state index contributed by atoms with van der Waals surface area (Å²) in [6, 6.07) is 3.02. The summed E-state index contributed by atoms with van der Waals surface area (Å²) in [7, 11) is 1.35. The van der Waals surface area contributed by atoms with Crippen molar-refractivity contribution in [3.05, 3.63) is 44.4 Å². The van der Waals surface area contributed by atoms with Gasteiger partial charge in [-0.15, -0.1) is 0 Å². The molecule has 5 heteroatoms. The standard InChI is InChI=1S/C10H9FN2O2.2C2H6/c1-5-3-4-6-8(7(5)11)12-10(15)13(2)9(6)14;2*1-2/h3-4H,1-2H3,(H,12,15);2*1-2H3. The van der Waals surface area contributed by atoms with Crippen LogP contribution in [0.4, 0.5) is 4.39 Å². The van der Waals surface area contributed by atoms with Gasteiger partial charge in [0.15, 0.2) is 0 Å². The second-order valence-electron chi connectivity index (χ2n) is 3.41. The van der Waals surface area contributed by atoms with Crippen LogP contribution in [-0.4, -0.2) is 9.55 Å². The highest BCUT2D eigenvalue weighted by Crippen LogP contribution is 2.14. The van der Waals surface area contributed by atoms with E-state index in [1.807, 2.05) is 27.7 Å². The van der Waals surface area contributed by atoms with Crippen LogP contribution in [0.5, 0.6) is 0 Å². The number of aromatic nitrogens is 2. The van der Waals surface area contributed by atoms with E-state index in [0.29, 0.717) is 5.56 Å². The van der Waals surface area contributed by atoms with E-state index >= 15 is 0 Å². The molecule has 0 amide bonds. The van der Waals surface area contributed by atoms with Crippen molar-refractivity contribution in [2.75, 3.05) is 0 Å². The molecule has 106 valence electrons. The van der Waals surface area contributed by atoms with Gasteiger partial charge >= 0.3 is 5.69 Å². The van der Waals surface area contributed by atoms with Gasteiger partial charge in [0.1, 0.15) is 5.82 Å². The van der Waals surface area contributed by atoms with Gasteiger partial charge in [-0.05, 0) is 18.6 Å². The summed E-state index contributed by atoms with van der Waals surface area (Å²) < 4.78 is 14.5. The lowest BCUT2D eigenvalue weighted by atomic mass is 10.1. The number of hydrogen-bond acceptors (Lipinski definition) is 2. The zero-order chi connectivity index (χ0) is 15.2. The normalized spacial score (nSPS) is 9.21. The zero-order valence-corrected chi connectivity index (χ0v) is 12.3. The van der Waals surface area contributed by atoms with Crippen molar-refractivity contribution in [3.63, 3.8) is 0 Å². The van der Waals surface area contributed by atoms with Gasteiger partial charge in [-0.25, -0.2) is 9.18 Å². The first-order chi connectivity index (χ1) is 9.02. The lowest BCUT2D eigenvalue weighted by Gasteiger charge is -2.03. The van der Waals surface area contributed by atoms with Crippen LogP contribution >= 0.6 is 0 Å². The van der Waals surface area contributed by atoms with Crippen molar-refractivity contribution in [1.29, 1.82) is 0 Å². The number of nitrogens with zero attached hydrogens (tertiary/aromatic N) is 1. The Labute approximate surface area is 111 Å². The van der Waals surface area contributed by atoms with E-state index < -0.39 is 17.1 Å². The van der Waals surface area contributed by atoms with E-state index in [2.05, 4.69) is 4.98 Å². The third kappa shape index (κ3) is 3.30. The van der Waals surface area contributed by atoms with Crippen LogP contribution in [0.3, 0.4) is 0 Å². The van der Waals surface area contributed by atoms with Crippen molar-refractivity contribution in [1.82, 2.24) is 9.55 Å². The van der Waals surface area contributed by atoms with Crippen LogP contribution in [0.25, 0.3) is 10.9 Å². The third-order valence-electron chi connectivity index (χ3n) is 2.41. The number of benzene rings is 1. The van der Waals surface area contributed by atoms with Gasteiger partial charge in [0.2, 0.25) is 0 Å². The minimum Gasteiger partial charge on any atom is -0.304 e. The number of hydrogen-bond donors (Lipinski definition) is 1. The Morgan fingerprint density at radius 1 is 1.11 bits per heavy atom. The van der Waals surface area contributed by atoms with Gasteiger partial charge < -0.3 is 4.98 Å². The van der Waals surface area contributed by atoms with Gasteiger partial charge in [-0.3, -0.25) is 9.36 Å². The van der Waals surface area contributed by atoms with Crippen LogP contribution in [0, 0.1) is 12.7 Å². The predicted molar refractivity (Wildman–Crippen MR) is 77.2 cm³/mol. The Kier molecular flexibility index (Phi) is 6.75. The summed E-state index contributed by atoms with van der Waals surface area (Å²) in [6.07, 6.45) is 0. The van der Waals surface area contributed by atoms with E-state index in [9.17, 15) is 14.0 Å². The average molecular weight is 268 g/mol. The van der Waals surface area contributed by atoms with Gasteiger partial charge in [-0.1, -0.05) is 33.8 Å². The first kappa shape index (κ1) is 17.1. The number of aryl methyl sites for hydroxylation is 1.